The molecule has 0 aliphatic rings. The molecule has 0 heterocycles. The smallest absolute Gasteiger partial charge is 0.163 e. The molecule has 1 unspecified atom stereocenters. The summed E-state index contributed by atoms with van der Waals surface area (Å²) >= 11 is 0. The number of ketones is 1. The van der Waals surface area contributed by atoms with Gasteiger partial charge in [-0.3, -0.25) is 4.79 Å². The summed E-state index contributed by atoms with van der Waals surface area (Å²) in [5.41, 5.74) is 10.0. The van der Waals surface area contributed by atoms with Gasteiger partial charge in [0.05, 0.1) is 0 Å². The van der Waals surface area contributed by atoms with Crippen molar-refractivity contribution in [2.24, 2.45) is 11.5 Å². The highest BCUT2D eigenvalue weighted by atomic mass is 16.3. The zero-order valence-electron chi connectivity index (χ0n) is 5.21. The quantitative estimate of drug-likeness (QED) is 0.422. The Morgan fingerprint density at radius 3 is 2.44 bits per heavy atom. The number of hydrogen-bond donors (Lipinski definition) is 3. The van der Waals surface area contributed by atoms with Crippen LogP contribution in [0, 0.1) is 0 Å². The fourth-order valence-electron chi connectivity index (χ4n) is 0.440. The Morgan fingerprint density at radius 1 is 1.56 bits per heavy atom. The largest absolute Gasteiger partial charge is 0.384 e. The van der Waals surface area contributed by atoms with Crippen molar-refractivity contribution in [2.75, 3.05) is 13.1 Å². The summed E-state index contributed by atoms with van der Waals surface area (Å²) in [6.45, 7) is 0.259. The summed E-state index contributed by atoms with van der Waals surface area (Å²) in [5.74, 6) is -0.278. The second kappa shape index (κ2) is 4.43. The van der Waals surface area contributed by atoms with Crippen LogP contribution < -0.4 is 11.5 Å². The summed E-state index contributed by atoms with van der Waals surface area (Å²) in [6, 6.07) is 0. The molecule has 0 fully saturated rings. The monoisotopic (exact) mass is 132 g/mol. The third kappa shape index (κ3) is 3.18. The maximum absolute atomic E-state index is 10.6. The van der Waals surface area contributed by atoms with Gasteiger partial charge in [0.15, 0.2) is 5.78 Å². The Labute approximate surface area is 53.8 Å². The predicted molar refractivity (Wildman–Crippen MR) is 33.7 cm³/mol. The van der Waals surface area contributed by atoms with Gasteiger partial charge in [0.1, 0.15) is 6.10 Å². The molecular formula is C5H12N2O2. The number of Topliss-reactive ketones (excluding diaryl/α,β-unsaturated/α-hetero) is 1. The fourth-order valence-corrected chi connectivity index (χ4v) is 0.440. The molecule has 1 atom stereocenters. The number of rotatable bonds is 4. The van der Waals surface area contributed by atoms with E-state index >= 15 is 0 Å². The topological polar surface area (TPSA) is 89.3 Å². The SMILES string of the molecule is NCCC(=O)C(O)CN. The lowest BCUT2D eigenvalue weighted by Crippen LogP contribution is -2.30. The summed E-state index contributed by atoms with van der Waals surface area (Å²) < 4.78 is 0. The van der Waals surface area contributed by atoms with Crippen LogP contribution in [0.1, 0.15) is 6.42 Å². The fraction of sp³-hybridized carbons (Fsp3) is 0.800. The number of aliphatic hydroxyl groups is 1. The van der Waals surface area contributed by atoms with Crippen molar-refractivity contribution in [2.45, 2.75) is 12.5 Å². The third-order valence-corrected chi connectivity index (χ3v) is 0.986. The van der Waals surface area contributed by atoms with E-state index in [1.165, 1.54) is 0 Å². The van der Waals surface area contributed by atoms with Crippen LogP contribution in [0.3, 0.4) is 0 Å². The van der Waals surface area contributed by atoms with Crippen molar-refractivity contribution >= 4 is 5.78 Å². The molecule has 4 heteroatoms. The van der Waals surface area contributed by atoms with E-state index in [4.69, 9.17) is 16.6 Å². The van der Waals surface area contributed by atoms with Gasteiger partial charge < -0.3 is 16.6 Å². The lowest BCUT2D eigenvalue weighted by atomic mass is 10.2. The van der Waals surface area contributed by atoms with Crippen LogP contribution in [0.5, 0.6) is 0 Å². The van der Waals surface area contributed by atoms with Crippen LogP contribution >= 0.6 is 0 Å². The van der Waals surface area contributed by atoms with E-state index in [1.54, 1.807) is 0 Å². The first-order chi connectivity index (χ1) is 4.22. The van der Waals surface area contributed by atoms with Gasteiger partial charge in [0, 0.05) is 13.0 Å². The summed E-state index contributed by atoms with van der Waals surface area (Å²) in [4.78, 5) is 10.6. The average Bonchev–Trinajstić information content (AvgIpc) is 1.87. The predicted octanol–water partition coefficient (Wildman–Crippen LogP) is -1.78. The molecule has 54 valence electrons. The molecule has 0 aromatic heterocycles. The molecule has 0 spiro atoms. The standard InChI is InChI=1S/C5H12N2O2/c6-2-1-4(8)5(9)3-7/h5,9H,1-3,6-7H2. The van der Waals surface area contributed by atoms with E-state index in [9.17, 15) is 4.79 Å². The van der Waals surface area contributed by atoms with E-state index < -0.39 is 6.10 Å². The Kier molecular flexibility index (Phi) is 4.21. The second-order valence-corrected chi connectivity index (χ2v) is 1.76. The van der Waals surface area contributed by atoms with Crippen LogP contribution in [-0.2, 0) is 4.79 Å². The van der Waals surface area contributed by atoms with Gasteiger partial charge in [0.2, 0.25) is 0 Å². The van der Waals surface area contributed by atoms with Gasteiger partial charge in [-0.15, -0.1) is 0 Å². The summed E-state index contributed by atoms with van der Waals surface area (Å²) in [6.07, 6.45) is -0.813. The van der Waals surface area contributed by atoms with Gasteiger partial charge in [-0.25, -0.2) is 0 Å². The Bertz CT molecular complexity index is 95.0. The Balaban J connectivity index is 3.46. The molecule has 0 rings (SSSR count). The van der Waals surface area contributed by atoms with E-state index in [1.807, 2.05) is 0 Å². The van der Waals surface area contributed by atoms with E-state index in [0.29, 0.717) is 0 Å². The Morgan fingerprint density at radius 2 is 2.11 bits per heavy atom. The van der Waals surface area contributed by atoms with E-state index in [-0.39, 0.29) is 25.3 Å². The highest BCUT2D eigenvalue weighted by Gasteiger charge is 2.10. The van der Waals surface area contributed by atoms with Gasteiger partial charge in [-0.05, 0) is 6.54 Å². The van der Waals surface area contributed by atoms with E-state index in [2.05, 4.69) is 0 Å². The lowest BCUT2D eigenvalue weighted by Gasteiger charge is -2.03. The first-order valence-corrected chi connectivity index (χ1v) is 2.83. The molecule has 0 amide bonds. The number of carbonyl (C=O) groups excluding carboxylic acids is 1. The number of nitrogens with two attached hydrogens (primary N) is 2. The highest BCUT2D eigenvalue weighted by Crippen LogP contribution is 1.86. The number of carbonyl (C=O) groups is 1. The van der Waals surface area contributed by atoms with Gasteiger partial charge in [0.25, 0.3) is 0 Å². The minimum absolute atomic E-state index is 0.0150. The van der Waals surface area contributed by atoms with Crippen molar-refractivity contribution in [3.63, 3.8) is 0 Å². The van der Waals surface area contributed by atoms with Crippen molar-refractivity contribution < 1.29 is 9.90 Å². The van der Waals surface area contributed by atoms with Crippen molar-refractivity contribution in [1.82, 2.24) is 0 Å². The molecule has 0 aromatic rings. The summed E-state index contributed by atoms with van der Waals surface area (Å²) in [5, 5.41) is 8.73. The first-order valence-electron chi connectivity index (χ1n) is 2.83. The van der Waals surface area contributed by atoms with Crippen molar-refractivity contribution in [1.29, 1.82) is 0 Å². The van der Waals surface area contributed by atoms with Gasteiger partial charge in [-0.1, -0.05) is 0 Å². The van der Waals surface area contributed by atoms with Crippen LogP contribution in [0.15, 0.2) is 0 Å². The molecule has 0 aliphatic heterocycles. The number of aliphatic hydroxyl groups excluding tert-OH is 1. The molecule has 0 aliphatic carbocycles. The van der Waals surface area contributed by atoms with Gasteiger partial charge >= 0.3 is 0 Å². The maximum atomic E-state index is 10.6. The lowest BCUT2D eigenvalue weighted by molar-refractivity contribution is -0.126. The van der Waals surface area contributed by atoms with Gasteiger partial charge in [-0.2, -0.15) is 0 Å². The highest BCUT2D eigenvalue weighted by molar-refractivity contribution is 5.83. The minimum Gasteiger partial charge on any atom is -0.384 e. The van der Waals surface area contributed by atoms with Crippen LogP contribution in [-0.4, -0.2) is 30.1 Å². The first kappa shape index (κ1) is 8.55. The third-order valence-electron chi connectivity index (χ3n) is 0.986. The van der Waals surface area contributed by atoms with Crippen LogP contribution in [0.2, 0.25) is 0 Å². The minimum atomic E-state index is -1.02. The van der Waals surface area contributed by atoms with Crippen LogP contribution in [0.25, 0.3) is 0 Å². The summed E-state index contributed by atoms with van der Waals surface area (Å²) in [7, 11) is 0. The normalized spacial score (nSPS) is 13.2. The molecule has 0 aromatic carbocycles. The molecule has 0 saturated carbocycles. The molecule has 0 saturated heterocycles. The maximum Gasteiger partial charge on any atom is 0.163 e. The molecule has 0 bridgehead atoms. The van der Waals surface area contributed by atoms with E-state index in [0.717, 1.165) is 0 Å². The zero-order valence-corrected chi connectivity index (χ0v) is 5.21. The molecule has 0 radical (unpaired) electrons. The van der Waals surface area contributed by atoms with Crippen LogP contribution in [0.4, 0.5) is 0 Å². The second-order valence-electron chi connectivity index (χ2n) is 1.76. The van der Waals surface area contributed by atoms with Crippen molar-refractivity contribution in [3.8, 4) is 0 Å². The Hall–Kier alpha value is -0.450. The molecule has 4 nitrogen and oxygen atoms in total. The average molecular weight is 132 g/mol. The number of hydrogen-bond acceptors (Lipinski definition) is 4. The zero-order chi connectivity index (χ0) is 7.28. The molecule has 9 heavy (non-hydrogen) atoms. The van der Waals surface area contributed by atoms with Crippen molar-refractivity contribution in [3.05, 3.63) is 0 Å². The molecule has 5 N–H and O–H groups in total. The molecular weight excluding hydrogens is 120 g/mol.